The predicted octanol–water partition coefficient (Wildman–Crippen LogP) is 3.66. The predicted molar refractivity (Wildman–Crippen MR) is 59.2 cm³/mol. The van der Waals surface area contributed by atoms with Crippen LogP contribution in [0.1, 0.15) is 38.2 Å². The Morgan fingerprint density at radius 3 is 2.69 bits per heavy atom. The molecule has 0 bridgehead atoms. The highest BCUT2D eigenvalue weighted by Crippen LogP contribution is 2.12. The van der Waals surface area contributed by atoms with Gasteiger partial charge in [-0.1, -0.05) is 19.8 Å². The van der Waals surface area contributed by atoms with Crippen molar-refractivity contribution in [3.8, 4) is 0 Å². The molecule has 0 radical (unpaired) electrons. The van der Waals surface area contributed by atoms with E-state index in [2.05, 4.69) is 6.92 Å². The number of halogens is 2. The SMILES string of the molecule is CCCCCC(=O)Cc1cc(F)ccc1F. The maximum atomic E-state index is 13.2. The molecule has 0 spiro atoms. The van der Waals surface area contributed by atoms with E-state index in [0.29, 0.717) is 6.42 Å². The number of Topliss-reactive ketones (excluding diaryl/α,β-unsaturated/α-hetero) is 1. The first kappa shape index (κ1) is 12.8. The maximum absolute atomic E-state index is 13.2. The summed E-state index contributed by atoms with van der Waals surface area (Å²) < 4.78 is 26.0. The summed E-state index contributed by atoms with van der Waals surface area (Å²) in [7, 11) is 0. The third-order valence-electron chi connectivity index (χ3n) is 2.45. The van der Waals surface area contributed by atoms with Gasteiger partial charge in [0.25, 0.3) is 0 Å². The number of unbranched alkanes of at least 4 members (excludes halogenated alkanes) is 2. The normalized spacial score (nSPS) is 10.4. The average Bonchev–Trinajstić information content (AvgIpc) is 2.24. The third kappa shape index (κ3) is 4.09. The second kappa shape index (κ2) is 6.36. The van der Waals surface area contributed by atoms with Gasteiger partial charge in [-0.25, -0.2) is 8.78 Å². The molecule has 0 atom stereocenters. The van der Waals surface area contributed by atoms with Crippen molar-refractivity contribution in [2.75, 3.05) is 0 Å². The fraction of sp³-hybridized carbons (Fsp3) is 0.462. The second-order valence-corrected chi connectivity index (χ2v) is 3.91. The Morgan fingerprint density at radius 1 is 1.25 bits per heavy atom. The summed E-state index contributed by atoms with van der Waals surface area (Å²) in [6, 6.07) is 3.21. The summed E-state index contributed by atoms with van der Waals surface area (Å²) in [4.78, 5) is 11.5. The molecule has 0 heterocycles. The molecule has 0 aliphatic rings. The van der Waals surface area contributed by atoms with E-state index in [1.807, 2.05) is 0 Å². The Bertz CT molecular complexity index is 361. The van der Waals surface area contributed by atoms with Crippen LogP contribution < -0.4 is 0 Å². The molecule has 3 heteroatoms. The fourth-order valence-electron chi connectivity index (χ4n) is 1.55. The van der Waals surface area contributed by atoms with Gasteiger partial charge in [0, 0.05) is 12.8 Å². The summed E-state index contributed by atoms with van der Waals surface area (Å²) in [5.74, 6) is -1.04. The summed E-state index contributed by atoms with van der Waals surface area (Å²) in [6.07, 6.45) is 3.31. The minimum absolute atomic E-state index is 0.00664. The zero-order valence-electron chi connectivity index (χ0n) is 9.43. The molecule has 0 saturated heterocycles. The molecule has 0 N–H and O–H groups in total. The zero-order chi connectivity index (χ0) is 12.0. The van der Waals surface area contributed by atoms with Crippen molar-refractivity contribution in [1.29, 1.82) is 0 Å². The molecule has 1 aromatic rings. The molecule has 1 aromatic carbocycles. The molecule has 0 aliphatic carbocycles. The summed E-state index contributed by atoms with van der Waals surface area (Å²) in [5.41, 5.74) is 0.154. The lowest BCUT2D eigenvalue weighted by Crippen LogP contribution is -2.04. The first-order valence-electron chi connectivity index (χ1n) is 5.59. The van der Waals surface area contributed by atoms with Crippen molar-refractivity contribution >= 4 is 5.78 Å². The van der Waals surface area contributed by atoms with E-state index in [0.717, 1.165) is 37.5 Å². The first-order valence-corrected chi connectivity index (χ1v) is 5.59. The molecule has 0 saturated carbocycles. The van der Waals surface area contributed by atoms with Crippen LogP contribution in [0.3, 0.4) is 0 Å². The van der Waals surface area contributed by atoms with Gasteiger partial charge < -0.3 is 0 Å². The summed E-state index contributed by atoms with van der Waals surface area (Å²) >= 11 is 0. The van der Waals surface area contributed by atoms with Gasteiger partial charge >= 0.3 is 0 Å². The third-order valence-corrected chi connectivity index (χ3v) is 2.45. The van der Waals surface area contributed by atoms with E-state index in [4.69, 9.17) is 0 Å². The number of hydrogen-bond donors (Lipinski definition) is 0. The molecule has 1 nitrogen and oxygen atoms in total. The van der Waals surface area contributed by atoms with E-state index in [9.17, 15) is 13.6 Å². The number of rotatable bonds is 6. The Labute approximate surface area is 94.5 Å². The Morgan fingerprint density at radius 2 is 2.00 bits per heavy atom. The van der Waals surface area contributed by atoms with E-state index >= 15 is 0 Å². The highest BCUT2D eigenvalue weighted by molar-refractivity contribution is 5.80. The quantitative estimate of drug-likeness (QED) is 0.676. The minimum atomic E-state index is -0.509. The van der Waals surface area contributed by atoms with Crippen LogP contribution in [0, 0.1) is 11.6 Å². The van der Waals surface area contributed by atoms with E-state index in [1.54, 1.807) is 0 Å². The summed E-state index contributed by atoms with van der Waals surface area (Å²) in [6.45, 7) is 2.05. The van der Waals surface area contributed by atoms with Crippen molar-refractivity contribution in [2.45, 2.75) is 39.0 Å². The van der Waals surface area contributed by atoms with Crippen LogP contribution in [-0.2, 0) is 11.2 Å². The molecule has 88 valence electrons. The number of benzene rings is 1. The van der Waals surface area contributed by atoms with E-state index in [-0.39, 0.29) is 17.8 Å². The molecular weight excluding hydrogens is 210 g/mol. The Hall–Kier alpha value is -1.25. The Balaban J connectivity index is 2.52. The highest BCUT2D eigenvalue weighted by Gasteiger charge is 2.09. The van der Waals surface area contributed by atoms with Gasteiger partial charge in [0.15, 0.2) is 0 Å². The van der Waals surface area contributed by atoms with Gasteiger partial charge in [0.2, 0.25) is 0 Å². The molecule has 16 heavy (non-hydrogen) atoms. The number of hydrogen-bond acceptors (Lipinski definition) is 1. The lowest BCUT2D eigenvalue weighted by Gasteiger charge is -2.03. The lowest BCUT2D eigenvalue weighted by atomic mass is 10.0. The molecule has 0 fully saturated rings. The van der Waals surface area contributed by atoms with Crippen LogP contribution in [0.5, 0.6) is 0 Å². The van der Waals surface area contributed by atoms with Gasteiger partial charge in [-0.15, -0.1) is 0 Å². The lowest BCUT2D eigenvalue weighted by molar-refractivity contribution is -0.118. The maximum Gasteiger partial charge on any atom is 0.137 e. The largest absolute Gasteiger partial charge is 0.299 e. The first-order chi connectivity index (χ1) is 7.63. The van der Waals surface area contributed by atoms with Crippen molar-refractivity contribution in [3.05, 3.63) is 35.4 Å². The van der Waals surface area contributed by atoms with Crippen molar-refractivity contribution < 1.29 is 13.6 Å². The van der Waals surface area contributed by atoms with E-state index in [1.165, 1.54) is 0 Å². The fourth-order valence-corrected chi connectivity index (χ4v) is 1.55. The van der Waals surface area contributed by atoms with Crippen LogP contribution >= 0.6 is 0 Å². The van der Waals surface area contributed by atoms with E-state index < -0.39 is 11.6 Å². The molecule has 0 amide bonds. The molecule has 0 aliphatic heterocycles. The number of carbonyl (C=O) groups is 1. The standard InChI is InChI=1S/C13H16F2O/c1-2-3-4-5-12(16)9-10-8-11(14)6-7-13(10)15/h6-8H,2-5,9H2,1H3. The van der Waals surface area contributed by atoms with Crippen molar-refractivity contribution in [3.63, 3.8) is 0 Å². The van der Waals surface area contributed by atoms with Gasteiger partial charge in [0.05, 0.1) is 0 Å². The van der Waals surface area contributed by atoms with Gasteiger partial charge in [-0.2, -0.15) is 0 Å². The van der Waals surface area contributed by atoms with Crippen LogP contribution in [0.4, 0.5) is 8.78 Å². The topological polar surface area (TPSA) is 17.1 Å². The average molecular weight is 226 g/mol. The van der Waals surface area contributed by atoms with Crippen LogP contribution in [0.15, 0.2) is 18.2 Å². The van der Waals surface area contributed by atoms with Gasteiger partial charge in [0.1, 0.15) is 17.4 Å². The molecular formula is C13H16F2O. The monoisotopic (exact) mass is 226 g/mol. The highest BCUT2D eigenvalue weighted by atomic mass is 19.1. The molecule has 1 rings (SSSR count). The van der Waals surface area contributed by atoms with Crippen LogP contribution in [0.25, 0.3) is 0 Å². The molecule has 0 unspecified atom stereocenters. The second-order valence-electron chi connectivity index (χ2n) is 3.91. The number of ketones is 1. The summed E-state index contributed by atoms with van der Waals surface area (Å²) in [5, 5.41) is 0. The Kier molecular flexibility index (Phi) is 5.09. The van der Waals surface area contributed by atoms with Crippen LogP contribution in [-0.4, -0.2) is 5.78 Å². The smallest absolute Gasteiger partial charge is 0.137 e. The molecule has 0 aromatic heterocycles. The zero-order valence-corrected chi connectivity index (χ0v) is 9.43. The van der Waals surface area contributed by atoms with Gasteiger partial charge in [-0.3, -0.25) is 4.79 Å². The minimum Gasteiger partial charge on any atom is -0.299 e. The van der Waals surface area contributed by atoms with Gasteiger partial charge in [-0.05, 0) is 30.2 Å². The van der Waals surface area contributed by atoms with Crippen LogP contribution in [0.2, 0.25) is 0 Å². The van der Waals surface area contributed by atoms with Crippen molar-refractivity contribution in [1.82, 2.24) is 0 Å². The van der Waals surface area contributed by atoms with Crippen molar-refractivity contribution in [2.24, 2.45) is 0 Å². The number of carbonyl (C=O) groups excluding carboxylic acids is 1.